The van der Waals surface area contributed by atoms with Gasteiger partial charge in [-0.1, -0.05) is 128 Å². The van der Waals surface area contributed by atoms with Crippen LogP contribution in [0.3, 0.4) is 0 Å². The van der Waals surface area contributed by atoms with Gasteiger partial charge in [0.05, 0.1) is 37.4 Å². The number of esters is 2. The number of allylic oxidation sites excluding steroid dienone is 2. The van der Waals surface area contributed by atoms with Crippen molar-refractivity contribution < 1.29 is 81.3 Å². The molecule has 0 amide bonds. The number of nitrogens with zero attached hydrogens (tertiary/aromatic N) is 2. The van der Waals surface area contributed by atoms with Crippen LogP contribution in [-0.4, -0.2) is 114 Å². The molecule has 73 heavy (non-hydrogen) atoms. The molecule has 0 radical (unpaired) electrons. The number of anilines is 1. The Kier molecular flexibility index (Phi) is 30.9. The highest BCUT2D eigenvalue weighted by Gasteiger charge is 2.45. The standard InChI is InChI=1S/C50H85N3O18P2/c1-3-5-7-8-9-10-11-12-13-14-15-16-17-18-24-28-46(58)69-38-34-66-45(57)27-23-20-19-22-26-40-42(56)33-41(55)39(30-29-37(54)25-21-6-4-2)47(59)48(60)43(36-68-73(64,65)71-72(62,63)67-35-38)70-49(40)53-32-31-44(51)52-50(53)61/h10-11,29-32,37-41,43,47-49,54-55,59-60H,3-9,12-28,33-36H2,1-2H3,(H,62,63)(H,64,65)(H2,51,52,61)/b11-10-,30-29+/t37-,38+,39-,40-,41+,43+,47-,48+,49+/m0/s1. The molecule has 2 saturated heterocycles. The molecule has 3 rings (SSSR count). The summed E-state index contributed by atoms with van der Waals surface area (Å²) in [5, 5.41) is 45.6. The average molecular weight is 1080 g/mol. The predicted molar refractivity (Wildman–Crippen MR) is 271 cm³/mol. The van der Waals surface area contributed by atoms with Gasteiger partial charge in [-0.2, -0.15) is 9.29 Å². The molecule has 1 aromatic rings. The van der Waals surface area contributed by atoms with E-state index < -0.39 is 120 Å². The number of carbonyl (C=O) groups excluding carboxylic acids is 3. The molecule has 0 spiro atoms. The topological polar surface area (TPSA) is 323 Å². The van der Waals surface area contributed by atoms with Crippen LogP contribution in [0.4, 0.5) is 5.82 Å². The molecular weight excluding hydrogens is 993 g/mol. The summed E-state index contributed by atoms with van der Waals surface area (Å²) in [6, 6.07) is 1.23. The van der Waals surface area contributed by atoms with Gasteiger partial charge in [0.15, 0.2) is 6.10 Å². The van der Waals surface area contributed by atoms with Gasteiger partial charge in [-0.15, -0.1) is 0 Å². The minimum Gasteiger partial charge on any atom is -0.462 e. The molecule has 0 aliphatic carbocycles. The number of aromatic nitrogens is 2. The number of rotatable bonds is 23. The molecule has 11 atom stereocenters. The van der Waals surface area contributed by atoms with Crippen molar-refractivity contribution in [2.24, 2.45) is 11.8 Å². The smallest absolute Gasteiger partial charge is 0.462 e. The van der Waals surface area contributed by atoms with Crippen molar-refractivity contribution >= 4 is 39.2 Å². The van der Waals surface area contributed by atoms with E-state index in [-0.39, 0.29) is 25.1 Å². The summed E-state index contributed by atoms with van der Waals surface area (Å²) < 4.78 is 59.0. The summed E-state index contributed by atoms with van der Waals surface area (Å²) in [5.74, 6) is -4.94. The number of cyclic esters (lactones) is 1. The van der Waals surface area contributed by atoms with Gasteiger partial charge in [-0.3, -0.25) is 28.0 Å². The van der Waals surface area contributed by atoms with Gasteiger partial charge < -0.3 is 50.2 Å². The Morgan fingerprint density at radius 3 is 2.12 bits per heavy atom. The van der Waals surface area contributed by atoms with E-state index in [1.54, 1.807) is 0 Å². The fourth-order valence-corrected chi connectivity index (χ4v) is 10.8. The van der Waals surface area contributed by atoms with Crippen LogP contribution in [0, 0.1) is 11.8 Å². The van der Waals surface area contributed by atoms with Crippen molar-refractivity contribution in [3.05, 3.63) is 47.1 Å². The van der Waals surface area contributed by atoms with Crippen molar-refractivity contribution in [1.29, 1.82) is 0 Å². The van der Waals surface area contributed by atoms with E-state index in [0.717, 1.165) is 68.8 Å². The number of hydrogen-bond donors (Lipinski definition) is 7. The van der Waals surface area contributed by atoms with Gasteiger partial charge >= 0.3 is 33.3 Å². The van der Waals surface area contributed by atoms with Crippen LogP contribution in [0.25, 0.3) is 0 Å². The first-order valence-corrected chi connectivity index (χ1v) is 29.4. The molecule has 8 N–H and O–H groups in total. The van der Waals surface area contributed by atoms with Crippen molar-refractivity contribution in [1.82, 2.24) is 9.55 Å². The number of phosphoric ester groups is 2. The normalized spacial score (nSPS) is 29.4. The van der Waals surface area contributed by atoms with Crippen LogP contribution in [-0.2, 0) is 51.1 Å². The Hall–Kier alpha value is -3.17. The van der Waals surface area contributed by atoms with Crippen molar-refractivity contribution in [3.63, 3.8) is 0 Å². The number of nitrogens with two attached hydrogens (primary N) is 1. The Morgan fingerprint density at radius 2 is 1.45 bits per heavy atom. The number of nitrogen functional groups attached to an aromatic ring is 1. The molecule has 2 aliphatic rings. The summed E-state index contributed by atoms with van der Waals surface area (Å²) >= 11 is 0. The zero-order chi connectivity index (χ0) is 53.7. The minimum absolute atomic E-state index is 0.00195. The molecule has 0 saturated carbocycles. The third kappa shape index (κ3) is 26.0. The van der Waals surface area contributed by atoms with Gasteiger partial charge in [0.2, 0.25) is 0 Å². The van der Waals surface area contributed by atoms with Crippen LogP contribution >= 0.6 is 15.6 Å². The highest BCUT2D eigenvalue weighted by molar-refractivity contribution is 7.61. The quantitative estimate of drug-likeness (QED) is 0.0240. The van der Waals surface area contributed by atoms with Gasteiger partial charge in [0.25, 0.3) is 0 Å². The number of ketones is 1. The molecule has 0 aromatic carbocycles. The van der Waals surface area contributed by atoms with E-state index in [1.165, 1.54) is 50.1 Å². The highest BCUT2D eigenvalue weighted by atomic mass is 31.3. The second-order valence-electron chi connectivity index (χ2n) is 19.2. The lowest BCUT2D eigenvalue weighted by molar-refractivity contribution is -0.184. The van der Waals surface area contributed by atoms with E-state index in [1.807, 2.05) is 6.92 Å². The minimum atomic E-state index is -5.71. The first-order chi connectivity index (χ1) is 34.9. The molecule has 2 fully saturated rings. The molecule has 2 bridgehead atoms. The summed E-state index contributed by atoms with van der Waals surface area (Å²) in [7, 11) is -11.3. The lowest BCUT2D eigenvalue weighted by atomic mass is 9.83. The number of Topliss-reactive ketones (excluding diaryl/α,β-unsaturated/α-hetero) is 1. The first kappa shape index (κ1) is 64.1. The van der Waals surface area contributed by atoms with E-state index in [2.05, 4.69) is 28.4 Å². The van der Waals surface area contributed by atoms with Crippen molar-refractivity contribution in [3.8, 4) is 0 Å². The Bertz CT molecular complexity index is 1990. The molecule has 1 aromatic heterocycles. The van der Waals surface area contributed by atoms with Crippen molar-refractivity contribution in [2.45, 2.75) is 217 Å². The molecule has 2 unspecified atom stereocenters. The maximum Gasteiger partial charge on any atom is 0.481 e. The van der Waals surface area contributed by atoms with Crippen molar-refractivity contribution in [2.75, 3.05) is 25.6 Å². The van der Waals surface area contributed by atoms with Crippen LogP contribution in [0.15, 0.2) is 41.4 Å². The maximum absolute atomic E-state index is 14.3. The number of carbonyl (C=O) groups is 3. The zero-order valence-electron chi connectivity index (χ0n) is 42.9. The van der Waals surface area contributed by atoms with Crippen LogP contribution in [0.2, 0.25) is 0 Å². The SMILES string of the molecule is CCCCCC/C=C\CCCCCCCCCC(=O)O[C@@H]1COC(=O)CCCCCC[C@H]2C(=O)C[C@@H](O)[C@H](/C=C/[C@@H](O)CCCCC)[C@H](O)[C@H](O)[C@@H](COP(=O)(O)OP(=O)(O)OC1)O[C@H]2n1ccc(N)nc1=O. The Morgan fingerprint density at radius 1 is 0.836 bits per heavy atom. The Balaban J connectivity index is 1.79. The van der Waals surface area contributed by atoms with E-state index >= 15 is 0 Å². The van der Waals surface area contributed by atoms with Crippen LogP contribution < -0.4 is 11.4 Å². The second kappa shape index (κ2) is 35.2. The highest BCUT2D eigenvalue weighted by Crippen LogP contribution is 2.60. The molecule has 2 aliphatic heterocycles. The second-order valence-corrected chi connectivity index (χ2v) is 22.2. The first-order valence-electron chi connectivity index (χ1n) is 26.5. The molecule has 3 heterocycles. The number of aliphatic hydroxyl groups is 4. The summed E-state index contributed by atoms with van der Waals surface area (Å²) in [4.78, 5) is 78.5. The molecule has 21 nitrogen and oxygen atoms in total. The van der Waals surface area contributed by atoms with Gasteiger partial charge in [0.1, 0.15) is 36.6 Å². The van der Waals surface area contributed by atoms with E-state index in [0.29, 0.717) is 44.9 Å². The number of ether oxygens (including phenoxy) is 3. The van der Waals surface area contributed by atoms with Gasteiger partial charge in [-0.25, -0.2) is 13.9 Å². The number of hydrogen-bond acceptors (Lipinski definition) is 18. The summed E-state index contributed by atoms with van der Waals surface area (Å²) in [6.07, 6.45) is 13.6. The number of aliphatic hydroxyl groups excluding tert-OH is 4. The molecular formula is C50H85N3O18P2. The van der Waals surface area contributed by atoms with Crippen LogP contribution in [0.5, 0.6) is 0 Å². The van der Waals surface area contributed by atoms with Gasteiger partial charge in [0, 0.05) is 31.4 Å². The summed E-state index contributed by atoms with van der Waals surface area (Å²) in [5.41, 5.74) is 4.76. The third-order valence-electron chi connectivity index (χ3n) is 12.9. The molecule has 418 valence electrons. The average Bonchev–Trinajstić information content (AvgIpc) is 3.33. The van der Waals surface area contributed by atoms with Crippen LogP contribution in [0.1, 0.15) is 181 Å². The van der Waals surface area contributed by atoms with E-state index in [9.17, 15) is 58.5 Å². The fourth-order valence-electron chi connectivity index (χ4n) is 8.67. The zero-order valence-corrected chi connectivity index (χ0v) is 44.7. The largest absolute Gasteiger partial charge is 0.481 e. The number of phosphoric acid groups is 2. The lowest BCUT2D eigenvalue weighted by Gasteiger charge is -2.38. The number of fused-ring (bicyclic) bond motifs is 3. The Labute approximate surface area is 430 Å². The predicted octanol–water partition coefficient (Wildman–Crippen LogP) is 7.59. The molecule has 23 heteroatoms. The monoisotopic (exact) mass is 1080 g/mol. The van der Waals surface area contributed by atoms with E-state index in [4.69, 9.17) is 29.0 Å². The summed E-state index contributed by atoms with van der Waals surface area (Å²) in [6.45, 7) is 1.47. The fraction of sp³-hybridized carbons (Fsp3) is 0.780. The third-order valence-corrected chi connectivity index (χ3v) is 15.5. The maximum atomic E-state index is 14.3. The number of unbranched alkanes of at least 4 members (excludes halogenated alkanes) is 13. The lowest BCUT2D eigenvalue weighted by Crippen LogP contribution is -2.51. The van der Waals surface area contributed by atoms with Gasteiger partial charge in [-0.05, 0) is 57.4 Å².